The van der Waals surface area contributed by atoms with Crippen molar-refractivity contribution in [2.24, 2.45) is 5.73 Å². The first-order chi connectivity index (χ1) is 10.3. The van der Waals surface area contributed by atoms with E-state index in [0.29, 0.717) is 19.8 Å². The molecule has 0 aromatic heterocycles. The van der Waals surface area contributed by atoms with Crippen LogP contribution in [-0.2, 0) is 6.61 Å². The van der Waals surface area contributed by atoms with Crippen molar-refractivity contribution in [2.45, 2.75) is 13.5 Å². The summed E-state index contributed by atoms with van der Waals surface area (Å²) in [6.07, 6.45) is 0. The monoisotopic (exact) mass is 281 g/mol. The molecule has 108 valence electrons. The lowest BCUT2D eigenvalue weighted by atomic mass is 10.1. The zero-order valence-electron chi connectivity index (χ0n) is 12.1. The standard InChI is InChI=1S/C18H19NO2/c1-2-20-17-9-11-18(12-10-17)21-14-16-7-4-3-6-15(16)8-5-13-19/h3-4,6-7,9-12H,2,13-14,19H2,1H3. The van der Waals surface area contributed by atoms with E-state index < -0.39 is 0 Å². The molecule has 0 aliphatic carbocycles. The fourth-order valence-electron chi connectivity index (χ4n) is 1.87. The van der Waals surface area contributed by atoms with E-state index in [-0.39, 0.29) is 0 Å². The van der Waals surface area contributed by atoms with Gasteiger partial charge >= 0.3 is 0 Å². The van der Waals surface area contributed by atoms with E-state index in [9.17, 15) is 0 Å². The molecule has 0 aliphatic rings. The Morgan fingerprint density at radius 2 is 1.62 bits per heavy atom. The highest BCUT2D eigenvalue weighted by molar-refractivity contribution is 5.41. The van der Waals surface area contributed by atoms with Gasteiger partial charge in [0.25, 0.3) is 0 Å². The molecule has 2 aromatic carbocycles. The Morgan fingerprint density at radius 1 is 0.952 bits per heavy atom. The third-order valence-corrected chi connectivity index (χ3v) is 2.87. The Morgan fingerprint density at radius 3 is 2.29 bits per heavy atom. The van der Waals surface area contributed by atoms with Crippen LogP contribution in [0.25, 0.3) is 0 Å². The molecule has 3 nitrogen and oxygen atoms in total. The number of benzene rings is 2. The molecular weight excluding hydrogens is 262 g/mol. The Balaban J connectivity index is 2.02. The van der Waals surface area contributed by atoms with E-state index in [1.807, 2.05) is 55.5 Å². The Kier molecular flexibility index (Phi) is 5.69. The number of ether oxygens (including phenoxy) is 2. The van der Waals surface area contributed by atoms with Gasteiger partial charge < -0.3 is 15.2 Å². The summed E-state index contributed by atoms with van der Waals surface area (Å²) in [6, 6.07) is 15.5. The highest BCUT2D eigenvalue weighted by Gasteiger charge is 2.01. The lowest BCUT2D eigenvalue weighted by Gasteiger charge is -2.09. The molecule has 2 rings (SSSR count). The molecule has 2 N–H and O–H groups in total. The molecule has 0 fully saturated rings. The van der Waals surface area contributed by atoms with E-state index in [0.717, 1.165) is 22.6 Å². The largest absolute Gasteiger partial charge is 0.494 e. The molecule has 0 atom stereocenters. The average molecular weight is 281 g/mol. The van der Waals surface area contributed by atoms with Crippen LogP contribution in [0.3, 0.4) is 0 Å². The van der Waals surface area contributed by atoms with Crippen LogP contribution < -0.4 is 15.2 Å². The Labute approximate surface area is 125 Å². The first-order valence-electron chi connectivity index (χ1n) is 6.96. The van der Waals surface area contributed by atoms with Crippen LogP contribution in [0.15, 0.2) is 48.5 Å². The second-order valence-electron chi connectivity index (χ2n) is 4.36. The third-order valence-electron chi connectivity index (χ3n) is 2.87. The summed E-state index contributed by atoms with van der Waals surface area (Å²) < 4.78 is 11.2. The molecule has 3 heteroatoms. The summed E-state index contributed by atoms with van der Waals surface area (Å²) in [4.78, 5) is 0. The van der Waals surface area contributed by atoms with Gasteiger partial charge in [-0.25, -0.2) is 0 Å². The summed E-state index contributed by atoms with van der Waals surface area (Å²) in [6.45, 7) is 3.45. The molecule has 21 heavy (non-hydrogen) atoms. The van der Waals surface area contributed by atoms with Crippen LogP contribution in [0.4, 0.5) is 0 Å². The highest BCUT2D eigenvalue weighted by Crippen LogP contribution is 2.19. The maximum Gasteiger partial charge on any atom is 0.120 e. The number of hydrogen-bond donors (Lipinski definition) is 1. The minimum atomic E-state index is 0.355. The number of rotatable bonds is 5. The maximum atomic E-state index is 5.79. The Hall–Kier alpha value is -2.44. The summed E-state index contributed by atoms with van der Waals surface area (Å²) in [5.74, 6) is 7.58. The van der Waals surface area contributed by atoms with Crippen LogP contribution in [0.1, 0.15) is 18.1 Å². The molecule has 0 spiro atoms. The van der Waals surface area contributed by atoms with Crippen LogP contribution >= 0.6 is 0 Å². The average Bonchev–Trinajstić information content (AvgIpc) is 2.53. The molecule has 0 heterocycles. The fourth-order valence-corrected chi connectivity index (χ4v) is 1.87. The van der Waals surface area contributed by atoms with Crippen LogP contribution in [0.2, 0.25) is 0 Å². The van der Waals surface area contributed by atoms with E-state index in [2.05, 4.69) is 11.8 Å². The molecular formula is C18H19NO2. The summed E-state index contributed by atoms with van der Waals surface area (Å²) >= 11 is 0. The molecule has 2 aromatic rings. The van der Waals surface area contributed by atoms with E-state index >= 15 is 0 Å². The molecule has 0 unspecified atom stereocenters. The van der Waals surface area contributed by atoms with Gasteiger partial charge in [-0.3, -0.25) is 0 Å². The SMILES string of the molecule is CCOc1ccc(OCc2ccccc2C#CCN)cc1. The van der Waals surface area contributed by atoms with E-state index in [1.54, 1.807) is 0 Å². The van der Waals surface area contributed by atoms with Gasteiger partial charge in [0.1, 0.15) is 18.1 Å². The normalized spacial score (nSPS) is 9.62. The first kappa shape index (κ1) is 15.0. The maximum absolute atomic E-state index is 5.79. The van der Waals surface area contributed by atoms with Gasteiger partial charge in [0.05, 0.1) is 13.2 Å². The molecule has 0 saturated carbocycles. The second kappa shape index (κ2) is 7.98. The van der Waals surface area contributed by atoms with Crippen molar-refractivity contribution in [1.29, 1.82) is 0 Å². The van der Waals surface area contributed by atoms with Gasteiger partial charge in [-0.2, -0.15) is 0 Å². The molecule has 0 bridgehead atoms. The topological polar surface area (TPSA) is 44.5 Å². The van der Waals surface area contributed by atoms with Gasteiger partial charge in [0.2, 0.25) is 0 Å². The molecule has 0 radical (unpaired) electrons. The van der Waals surface area contributed by atoms with Crippen molar-refractivity contribution in [3.63, 3.8) is 0 Å². The van der Waals surface area contributed by atoms with Crippen LogP contribution in [0.5, 0.6) is 11.5 Å². The molecule has 0 amide bonds. The predicted molar refractivity (Wildman–Crippen MR) is 84.3 cm³/mol. The summed E-state index contributed by atoms with van der Waals surface area (Å²) in [7, 11) is 0. The minimum absolute atomic E-state index is 0.355. The predicted octanol–water partition coefficient (Wildman–Crippen LogP) is 2.97. The molecule has 0 aliphatic heterocycles. The van der Waals surface area contributed by atoms with Crippen molar-refractivity contribution in [1.82, 2.24) is 0 Å². The van der Waals surface area contributed by atoms with E-state index in [4.69, 9.17) is 15.2 Å². The molecule has 0 saturated heterocycles. The summed E-state index contributed by atoms with van der Waals surface area (Å²) in [5.41, 5.74) is 7.41. The lowest BCUT2D eigenvalue weighted by Crippen LogP contribution is -1.99. The van der Waals surface area contributed by atoms with Gasteiger partial charge in [0.15, 0.2) is 0 Å². The van der Waals surface area contributed by atoms with Gasteiger partial charge in [-0.15, -0.1) is 0 Å². The van der Waals surface area contributed by atoms with Crippen molar-refractivity contribution in [3.8, 4) is 23.3 Å². The van der Waals surface area contributed by atoms with Gasteiger partial charge in [0, 0.05) is 11.1 Å². The van der Waals surface area contributed by atoms with Crippen molar-refractivity contribution in [3.05, 3.63) is 59.7 Å². The zero-order chi connectivity index (χ0) is 14.9. The number of hydrogen-bond acceptors (Lipinski definition) is 3. The van der Waals surface area contributed by atoms with Gasteiger partial charge in [-0.05, 0) is 37.3 Å². The van der Waals surface area contributed by atoms with Crippen molar-refractivity contribution < 1.29 is 9.47 Å². The van der Waals surface area contributed by atoms with Crippen molar-refractivity contribution in [2.75, 3.05) is 13.2 Å². The third kappa shape index (κ3) is 4.55. The number of nitrogens with two attached hydrogens (primary N) is 1. The first-order valence-corrected chi connectivity index (χ1v) is 6.96. The van der Waals surface area contributed by atoms with E-state index in [1.165, 1.54) is 0 Å². The van der Waals surface area contributed by atoms with Crippen LogP contribution in [-0.4, -0.2) is 13.2 Å². The van der Waals surface area contributed by atoms with Gasteiger partial charge in [-0.1, -0.05) is 30.0 Å². The minimum Gasteiger partial charge on any atom is -0.494 e. The second-order valence-corrected chi connectivity index (χ2v) is 4.36. The van der Waals surface area contributed by atoms with Crippen molar-refractivity contribution >= 4 is 0 Å². The Bertz CT molecular complexity index is 624. The summed E-state index contributed by atoms with van der Waals surface area (Å²) in [5, 5.41) is 0. The van der Waals surface area contributed by atoms with Crippen LogP contribution in [0, 0.1) is 11.8 Å². The smallest absolute Gasteiger partial charge is 0.120 e. The highest BCUT2D eigenvalue weighted by atomic mass is 16.5. The quantitative estimate of drug-likeness (QED) is 0.857. The zero-order valence-corrected chi connectivity index (χ0v) is 12.1. The lowest BCUT2D eigenvalue weighted by molar-refractivity contribution is 0.303. The fraction of sp³-hybridized carbons (Fsp3) is 0.222.